The number of halogens is 1. The Kier molecular flexibility index (Phi) is 3.43. The molecule has 0 aliphatic carbocycles. The molecule has 1 aromatic heterocycles. The van der Waals surface area contributed by atoms with Crippen LogP contribution in [0.5, 0.6) is 0 Å². The topological polar surface area (TPSA) is 54.0 Å². The maximum atomic E-state index is 13.0. The van der Waals surface area contributed by atoms with E-state index in [1.54, 1.807) is 12.4 Å². The number of nitrogens with one attached hydrogen (secondary N) is 2. The van der Waals surface area contributed by atoms with Crippen molar-refractivity contribution in [2.45, 2.75) is 12.3 Å². The van der Waals surface area contributed by atoms with Gasteiger partial charge in [-0.3, -0.25) is 9.78 Å². The van der Waals surface area contributed by atoms with E-state index in [4.69, 9.17) is 11.6 Å². The van der Waals surface area contributed by atoms with Crippen LogP contribution in [0.3, 0.4) is 0 Å². The summed E-state index contributed by atoms with van der Waals surface area (Å²) in [4.78, 5) is 17.3. The highest BCUT2D eigenvalue weighted by molar-refractivity contribution is 6.30. The second kappa shape index (κ2) is 5.49. The molecule has 0 spiro atoms. The molecule has 1 aliphatic heterocycles. The van der Waals surface area contributed by atoms with Gasteiger partial charge < -0.3 is 10.6 Å². The molecule has 1 unspecified atom stereocenters. The van der Waals surface area contributed by atoms with E-state index in [0.717, 1.165) is 27.7 Å². The first kappa shape index (κ1) is 15.0. The molecule has 1 atom stereocenters. The van der Waals surface area contributed by atoms with Crippen molar-refractivity contribution >= 4 is 39.7 Å². The van der Waals surface area contributed by atoms with E-state index in [1.165, 1.54) is 0 Å². The predicted octanol–water partition coefficient (Wildman–Crippen LogP) is 4.21. The number of nitrogens with zero attached hydrogens (tertiary/aromatic N) is 1. The first-order valence-electron chi connectivity index (χ1n) is 7.76. The Labute approximate surface area is 144 Å². The fourth-order valence-electron chi connectivity index (χ4n) is 3.17. The van der Waals surface area contributed by atoms with Gasteiger partial charge in [0.2, 0.25) is 5.91 Å². The molecule has 24 heavy (non-hydrogen) atoms. The largest absolute Gasteiger partial charge is 0.383 e. The fraction of sp³-hybridized carbons (Fsp3) is 0.158. The molecule has 0 saturated heterocycles. The minimum Gasteiger partial charge on any atom is -0.383 e. The van der Waals surface area contributed by atoms with Crippen molar-refractivity contribution in [3.8, 4) is 0 Å². The minimum absolute atomic E-state index is 0.0748. The number of hydrogen-bond donors (Lipinski definition) is 2. The van der Waals surface area contributed by atoms with Crippen molar-refractivity contribution in [2.24, 2.45) is 0 Å². The van der Waals surface area contributed by atoms with Gasteiger partial charge in [-0.25, -0.2) is 0 Å². The van der Waals surface area contributed by atoms with Crippen LogP contribution in [0.2, 0.25) is 5.02 Å². The summed E-state index contributed by atoms with van der Waals surface area (Å²) < 4.78 is 0. The van der Waals surface area contributed by atoms with Crippen LogP contribution in [0.4, 0.5) is 11.4 Å². The van der Waals surface area contributed by atoms with Crippen LogP contribution in [0.15, 0.2) is 54.9 Å². The monoisotopic (exact) mass is 337 g/mol. The summed E-state index contributed by atoms with van der Waals surface area (Å²) in [6.07, 6.45) is 3.48. The van der Waals surface area contributed by atoms with Gasteiger partial charge in [0.05, 0.1) is 17.3 Å². The highest BCUT2D eigenvalue weighted by Crippen LogP contribution is 2.39. The van der Waals surface area contributed by atoms with E-state index in [0.29, 0.717) is 11.6 Å². The highest BCUT2D eigenvalue weighted by Gasteiger charge is 2.41. The van der Waals surface area contributed by atoms with Crippen molar-refractivity contribution in [1.82, 2.24) is 4.98 Å². The van der Waals surface area contributed by atoms with Gasteiger partial charge >= 0.3 is 0 Å². The molecule has 5 heteroatoms. The molecular weight excluding hydrogens is 322 g/mol. The standard InChI is InChI=1S/C19H16ClN3O/c1-19(11-22-16-7-6-13(20)8-15(16)19)18(24)23-17-10-21-9-12-4-2-3-5-14(12)17/h2-10,22H,11H2,1H3,(H,23,24). The molecule has 2 heterocycles. The zero-order chi connectivity index (χ0) is 16.7. The first-order valence-corrected chi connectivity index (χ1v) is 8.14. The number of pyridine rings is 1. The summed E-state index contributed by atoms with van der Waals surface area (Å²) in [6.45, 7) is 2.46. The van der Waals surface area contributed by atoms with Crippen LogP contribution in [-0.4, -0.2) is 17.4 Å². The smallest absolute Gasteiger partial charge is 0.236 e. The molecular formula is C19H16ClN3O. The zero-order valence-electron chi connectivity index (χ0n) is 13.1. The average Bonchev–Trinajstić information content (AvgIpc) is 2.93. The molecule has 1 aliphatic rings. The summed E-state index contributed by atoms with van der Waals surface area (Å²) in [5, 5.41) is 8.93. The van der Waals surface area contributed by atoms with Crippen LogP contribution in [0.25, 0.3) is 10.8 Å². The van der Waals surface area contributed by atoms with Gasteiger partial charge in [0.1, 0.15) is 0 Å². The summed E-state index contributed by atoms with van der Waals surface area (Å²) in [5.41, 5.74) is 1.90. The van der Waals surface area contributed by atoms with Crippen LogP contribution in [0.1, 0.15) is 12.5 Å². The SMILES string of the molecule is CC1(C(=O)Nc2cncc3ccccc23)CNc2ccc(Cl)cc21. The van der Waals surface area contributed by atoms with Crippen molar-refractivity contribution in [3.05, 3.63) is 65.4 Å². The number of amides is 1. The lowest BCUT2D eigenvalue weighted by Gasteiger charge is -2.23. The minimum atomic E-state index is -0.683. The van der Waals surface area contributed by atoms with Crippen molar-refractivity contribution in [2.75, 3.05) is 17.2 Å². The van der Waals surface area contributed by atoms with Crippen molar-refractivity contribution < 1.29 is 4.79 Å². The molecule has 4 rings (SSSR count). The number of rotatable bonds is 2. The second-order valence-corrected chi connectivity index (χ2v) is 6.67. The maximum Gasteiger partial charge on any atom is 0.236 e. The maximum absolute atomic E-state index is 13.0. The lowest BCUT2D eigenvalue weighted by atomic mass is 9.83. The molecule has 0 saturated carbocycles. The van der Waals surface area contributed by atoms with E-state index < -0.39 is 5.41 Å². The molecule has 1 amide bonds. The molecule has 0 radical (unpaired) electrons. The molecule has 0 bridgehead atoms. The Balaban J connectivity index is 1.71. The summed E-state index contributed by atoms with van der Waals surface area (Å²) >= 11 is 6.12. The molecule has 0 fully saturated rings. The Morgan fingerprint density at radius 2 is 2.08 bits per heavy atom. The number of hydrogen-bond acceptors (Lipinski definition) is 3. The summed E-state index contributed by atoms with van der Waals surface area (Å²) in [5.74, 6) is -0.0748. The quantitative estimate of drug-likeness (QED) is 0.736. The van der Waals surface area contributed by atoms with Gasteiger partial charge in [-0.1, -0.05) is 35.9 Å². The third kappa shape index (κ3) is 2.31. The number of anilines is 2. The Morgan fingerprint density at radius 3 is 2.96 bits per heavy atom. The number of aromatic nitrogens is 1. The third-order valence-electron chi connectivity index (χ3n) is 4.63. The van der Waals surface area contributed by atoms with E-state index in [9.17, 15) is 4.79 Å². The van der Waals surface area contributed by atoms with Gasteiger partial charge in [0, 0.05) is 34.2 Å². The van der Waals surface area contributed by atoms with E-state index in [-0.39, 0.29) is 5.91 Å². The van der Waals surface area contributed by atoms with Gasteiger partial charge in [-0.15, -0.1) is 0 Å². The number of carbonyl (C=O) groups is 1. The second-order valence-electron chi connectivity index (χ2n) is 6.24. The van der Waals surface area contributed by atoms with Gasteiger partial charge in [-0.05, 0) is 30.7 Å². The van der Waals surface area contributed by atoms with E-state index in [2.05, 4.69) is 15.6 Å². The van der Waals surface area contributed by atoms with Gasteiger partial charge in [0.15, 0.2) is 0 Å². The highest BCUT2D eigenvalue weighted by atomic mass is 35.5. The van der Waals surface area contributed by atoms with Crippen LogP contribution < -0.4 is 10.6 Å². The summed E-state index contributed by atoms with van der Waals surface area (Å²) in [7, 11) is 0. The van der Waals surface area contributed by atoms with E-state index in [1.807, 2.05) is 49.4 Å². The molecule has 3 aromatic rings. The number of carbonyl (C=O) groups excluding carboxylic acids is 1. The normalized spacial score (nSPS) is 18.9. The molecule has 120 valence electrons. The zero-order valence-corrected chi connectivity index (χ0v) is 13.9. The van der Waals surface area contributed by atoms with Crippen LogP contribution in [0, 0.1) is 0 Å². The Hall–Kier alpha value is -2.59. The summed E-state index contributed by atoms with van der Waals surface area (Å²) in [6, 6.07) is 13.5. The number of fused-ring (bicyclic) bond motifs is 2. The van der Waals surface area contributed by atoms with Crippen molar-refractivity contribution in [3.63, 3.8) is 0 Å². The van der Waals surface area contributed by atoms with Crippen LogP contribution in [-0.2, 0) is 10.2 Å². The molecule has 2 aromatic carbocycles. The van der Waals surface area contributed by atoms with Crippen LogP contribution >= 0.6 is 11.6 Å². The molecule has 2 N–H and O–H groups in total. The third-order valence-corrected chi connectivity index (χ3v) is 4.86. The fourth-order valence-corrected chi connectivity index (χ4v) is 3.35. The van der Waals surface area contributed by atoms with E-state index >= 15 is 0 Å². The van der Waals surface area contributed by atoms with Crippen molar-refractivity contribution in [1.29, 1.82) is 0 Å². The molecule has 4 nitrogen and oxygen atoms in total. The first-order chi connectivity index (χ1) is 11.6. The number of benzene rings is 2. The lowest BCUT2D eigenvalue weighted by molar-refractivity contribution is -0.120. The Bertz CT molecular complexity index is 951. The van der Waals surface area contributed by atoms with Gasteiger partial charge in [-0.2, -0.15) is 0 Å². The Morgan fingerprint density at radius 1 is 1.25 bits per heavy atom. The van der Waals surface area contributed by atoms with Gasteiger partial charge in [0.25, 0.3) is 0 Å². The predicted molar refractivity (Wildman–Crippen MR) is 97.7 cm³/mol. The average molecular weight is 338 g/mol. The lowest BCUT2D eigenvalue weighted by Crippen LogP contribution is -2.39.